The number of terminal acetylenes is 1. The summed E-state index contributed by atoms with van der Waals surface area (Å²) in [6.07, 6.45) is 10.2. The van der Waals surface area contributed by atoms with E-state index in [0.717, 1.165) is 32.1 Å². The number of phenols is 1. The SMILES string of the molecule is C#Cc1ccccc1C(C(=O)NC1CCCCC1)N(C(=O)C(Cc1ccc(O)cc1)NC(=O)OC(C)(C)C)C(C)C. The van der Waals surface area contributed by atoms with Gasteiger partial charge in [-0.05, 0) is 76.8 Å². The average Bonchev–Trinajstić information content (AvgIpc) is 2.91. The summed E-state index contributed by atoms with van der Waals surface area (Å²) in [5.41, 5.74) is 1.01. The Morgan fingerprint density at radius 3 is 2.27 bits per heavy atom. The Morgan fingerprint density at radius 2 is 1.68 bits per heavy atom. The number of ether oxygens (including phenoxy) is 1. The molecule has 0 spiro atoms. The van der Waals surface area contributed by atoms with Crippen molar-refractivity contribution in [1.29, 1.82) is 0 Å². The molecule has 0 aliphatic heterocycles. The van der Waals surface area contributed by atoms with Crippen LogP contribution in [0.4, 0.5) is 4.79 Å². The molecule has 0 heterocycles. The molecule has 1 aliphatic carbocycles. The van der Waals surface area contributed by atoms with Gasteiger partial charge in [0.25, 0.3) is 0 Å². The van der Waals surface area contributed by atoms with Crippen molar-refractivity contribution in [2.75, 3.05) is 0 Å². The van der Waals surface area contributed by atoms with E-state index in [1.165, 1.54) is 17.0 Å². The molecule has 2 aromatic carbocycles. The summed E-state index contributed by atoms with van der Waals surface area (Å²) < 4.78 is 5.48. The molecular weight excluding hydrogens is 518 g/mol. The fourth-order valence-corrected chi connectivity index (χ4v) is 5.19. The molecule has 1 saturated carbocycles. The second-order valence-electron chi connectivity index (χ2n) is 11.9. The Balaban J connectivity index is 2.04. The van der Waals surface area contributed by atoms with Crippen molar-refractivity contribution in [3.63, 3.8) is 0 Å². The van der Waals surface area contributed by atoms with Crippen LogP contribution in [-0.4, -0.2) is 51.6 Å². The van der Waals surface area contributed by atoms with Crippen molar-refractivity contribution in [3.8, 4) is 18.1 Å². The van der Waals surface area contributed by atoms with Crippen LogP contribution < -0.4 is 10.6 Å². The van der Waals surface area contributed by atoms with E-state index in [2.05, 4.69) is 16.6 Å². The minimum absolute atomic E-state index is 0.0218. The van der Waals surface area contributed by atoms with Gasteiger partial charge in [-0.15, -0.1) is 6.42 Å². The van der Waals surface area contributed by atoms with Crippen molar-refractivity contribution >= 4 is 17.9 Å². The molecule has 0 bridgehead atoms. The van der Waals surface area contributed by atoms with Crippen LogP contribution in [0.15, 0.2) is 48.5 Å². The van der Waals surface area contributed by atoms with Crippen LogP contribution in [0.3, 0.4) is 0 Å². The summed E-state index contributed by atoms with van der Waals surface area (Å²) >= 11 is 0. The maximum Gasteiger partial charge on any atom is 0.408 e. The Kier molecular flexibility index (Phi) is 10.8. The normalized spacial score (nSPS) is 15.3. The van der Waals surface area contributed by atoms with Crippen LogP contribution in [0.5, 0.6) is 5.75 Å². The molecule has 2 aromatic rings. The van der Waals surface area contributed by atoms with Crippen molar-refractivity contribution in [3.05, 3.63) is 65.2 Å². The van der Waals surface area contributed by atoms with Crippen LogP contribution in [0, 0.1) is 12.3 Å². The zero-order valence-corrected chi connectivity index (χ0v) is 24.8. The van der Waals surface area contributed by atoms with Crippen molar-refractivity contribution in [1.82, 2.24) is 15.5 Å². The predicted molar refractivity (Wildman–Crippen MR) is 159 cm³/mol. The summed E-state index contributed by atoms with van der Waals surface area (Å²) in [6, 6.07) is 11.1. The molecular formula is C33H43N3O5. The molecule has 2 atom stereocenters. The third-order valence-electron chi connectivity index (χ3n) is 7.07. The molecule has 3 rings (SSSR count). The van der Waals surface area contributed by atoms with Crippen LogP contribution in [0.1, 0.15) is 89.5 Å². The molecule has 3 N–H and O–H groups in total. The molecule has 8 nitrogen and oxygen atoms in total. The van der Waals surface area contributed by atoms with Gasteiger partial charge in [0, 0.05) is 24.1 Å². The number of amides is 3. The highest BCUT2D eigenvalue weighted by Crippen LogP contribution is 2.29. The summed E-state index contributed by atoms with van der Waals surface area (Å²) in [7, 11) is 0. The lowest BCUT2D eigenvalue weighted by Crippen LogP contribution is -2.56. The summed E-state index contributed by atoms with van der Waals surface area (Å²) in [4.78, 5) is 42.9. The summed E-state index contributed by atoms with van der Waals surface area (Å²) in [6.45, 7) is 8.90. The first-order valence-corrected chi connectivity index (χ1v) is 14.3. The number of aromatic hydroxyl groups is 1. The number of alkyl carbamates (subject to hydrolysis) is 1. The third-order valence-corrected chi connectivity index (χ3v) is 7.07. The van der Waals surface area contributed by atoms with E-state index in [4.69, 9.17) is 11.2 Å². The highest BCUT2D eigenvalue weighted by atomic mass is 16.6. The lowest BCUT2D eigenvalue weighted by molar-refractivity contribution is -0.145. The Bertz CT molecular complexity index is 1240. The van der Waals surface area contributed by atoms with Gasteiger partial charge >= 0.3 is 6.09 Å². The van der Waals surface area contributed by atoms with Crippen molar-refractivity contribution < 1.29 is 24.2 Å². The number of nitrogens with zero attached hydrogens (tertiary/aromatic N) is 1. The minimum atomic E-state index is -1.06. The number of carbonyl (C=O) groups excluding carboxylic acids is 3. The fraction of sp³-hybridized carbons (Fsp3) is 0.485. The molecule has 0 aromatic heterocycles. The molecule has 2 unspecified atom stereocenters. The monoisotopic (exact) mass is 561 g/mol. The molecule has 0 saturated heterocycles. The van der Waals surface area contributed by atoms with Gasteiger partial charge in [-0.1, -0.05) is 55.5 Å². The zero-order chi connectivity index (χ0) is 30.2. The molecule has 8 heteroatoms. The second kappa shape index (κ2) is 14.1. The maximum absolute atomic E-state index is 14.4. The Morgan fingerprint density at radius 1 is 1.05 bits per heavy atom. The van der Waals surface area contributed by atoms with E-state index in [9.17, 15) is 19.5 Å². The smallest absolute Gasteiger partial charge is 0.408 e. The first kappa shape index (κ1) is 31.5. The lowest BCUT2D eigenvalue weighted by atomic mass is 9.93. The quantitative estimate of drug-likeness (QED) is 0.363. The van der Waals surface area contributed by atoms with Gasteiger partial charge in [0.15, 0.2) is 0 Å². The van der Waals surface area contributed by atoms with Gasteiger partial charge < -0.3 is 25.4 Å². The Labute approximate surface area is 243 Å². The number of rotatable bonds is 9. The van der Waals surface area contributed by atoms with E-state index in [1.807, 2.05) is 13.8 Å². The number of hydrogen-bond acceptors (Lipinski definition) is 5. The molecule has 41 heavy (non-hydrogen) atoms. The van der Waals surface area contributed by atoms with Gasteiger partial charge in [-0.25, -0.2) is 4.79 Å². The second-order valence-corrected chi connectivity index (χ2v) is 11.9. The van der Waals surface area contributed by atoms with E-state index in [-0.39, 0.29) is 24.1 Å². The fourth-order valence-electron chi connectivity index (χ4n) is 5.19. The van der Waals surface area contributed by atoms with Crippen molar-refractivity contribution in [2.24, 2.45) is 0 Å². The number of phenolic OH excluding ortho intramolecular Hbond substituents is 1. The van der Waals surface area contributed by atoms with Crippen LogP contribution >= 0.6 is 0 Å². The molecule has 3 amide bonds. The van der Waals surface area contributed by atoms with E-state index in [0.29, 0.717) is 16.7 Å². The van der Waals surface area contributed by atoms with Gasteiger partial charge in [-0.2, -0.15) is 0 Å². The topological polar surface area (TPSA) is 108 Å². The first-order chi connectivity index (χ1) is 19.4. The van der Waals surface area contributed by atoms with E-state index in [1.54, 1.807) is 57.2 Å². The Hall–Kier alpha value is -3.99. The van der Waals surface area contributed by atoms with Crippen LogP contribution in [-0.2, 0) is 20.7 Å². The minimum Gasteiger partial charge on any atom is -0.508 e. The van der Waals surface area contributed by atoms with Crippen LogP contribution in [0.2, 0.25) is 0 Å². The molecule has 1 fully saturated rings. The molecule has 1 aliphatic rings. The number of hydrogen-bond donors (Lipinski definition) is 3. The average molecular weight is 562 g/mol. The third kappa shape index (κ3) is 9.01. The standard InChI is InChI=1S/C33H43N3O5/c1-7-24-13-11-12-16-27(24)29(30(38)34-25-14-9-8-10-15-25)36(22(2)3)31(39)28(35-32(40)41-33(4,5)6)21-23-17-19-26(37)20-18-23/h1,11-13,16-20,22,25,28-29,37H,8-10,14-15,21H2,2-6H3,(H,34,38)(H,35,40). The van der Waals surface area contributed by atoms with Gasteiger partial charge in [0.2, 0.25) is 11.8 Å². The largest absolute Gasteiger partial charge is 0.508 e. The predicted octanol–water partition coefficient (Wildman–Crippen LogP) is 5.24. The summed E-state index contributed by atoms with van der Waals surface area (Å²) in [5, 5.41) is 15.7. The zero-order valence-electron chi connectivity index (χ0n) is 24.8. The maximum atomic E-state index is 14.4. The number of nitrogens with one attached hydrogen (secondary N) is 2. The first-order valence-electron chi connectivity index (χ1n) is 14.3. The van der Waals surface area contributed by atoms with E-state index < -0.39 is 35.7 Å². The molecule has 220 valence electrons. The van der Waals surface area contributed by atoms with Gasteiger partial charge in [0.1, 0.15) is 23.4 Å². The highest BCUT2D eigenvalue weighted by Gasteiger charge is 2.39. The lowest BCUT2D eigenvalue weighted by Gasteiger charge is -2.38. The van der Waals surface area contributed by atoms with E-state index >= 15 is 0 Å². The van der Waals surface area contributed by atoms with Gasteiger partial charge in [-0.3, -0.25) is 9.59 Å². The van der Waals surface area contributed by atoms with Crippen molar-refractivity contribution in [2.45, 2.75) is 103 Å². The number of benzene rings is 2. The highest BCUT2D eigenvalue weighted by molar-refractivity contribution is 5.93. The van der Waals surface area contributed by atoms with Gasteiger partial charge in [0.05, 0.1) is 0 Å². The summed E-state index contributed by atoms with van der Waals surface area (Å²) in [5.74, 6) is 2.00. The number of carbonyl (C=O) groups is 3. The van der Waals surface area contributed by atoms with Crippen LogP contribution in [0.25, 0.3) is 0 Å². The molecule has 0 radical (unpaired) electrons.